The maximum atomic E-state index is 16.9. The molecule has 2 aromatic carbocycles. The quantitative estimate of drug-likeness (QED) is 0.121. The minimum atomic E-state index is -4.77. The third kappa shape index (κ3) is 6.12. The molecule has 9 nitrogen and oxygen atoms in total. The monoisotopic (exact) mass is 706 g/mol. The average molecular weight is 707 g/mol. The van der Waals surface area contributed by atoms with E-state index in [1.807, 2.05) is 16.7 Å². The van der Waals surface area contributed by atoms with Crippen LogP contribution in [0.3, 0.4) is 0 Å². The highest BCUT2D eigenvalue weighted by atomic mass is 19.4. The predicted octanol–water partition coefficient (Wildman–Crippen LogP) is 6.24. The Labute approximate surface area is 291 Å². The largest absolute Gasteiger partial charge is 0.522 e. The van der Waals surface area contributed by atoms with Crippen LogP contribution in [0.1, 0.15) is 38.2 Å². The Bertz CT molecular complexity index is 2090. The number of pyridine rings is 1. The number of benzene rings is 2. The molecule has 0 N–H and O–H groups in total. The van der Waals surface area contributed by atoms with E-state index in [-0.39, 0.29) is 77.1 Å². The Balaban J connectivity index is 1.32. The number of hydrogen-bond donors (Lipinski definition) is 0. The van der Waals surface area contributed by atoms with Gasteiger partial charge in [0.1, 0.15) is 29.5 Å². The van der Waals surface area contributed by atoms with Crippen molar-refractivity contribution >= 4 is 33.4 Å². The highest BCUT2D eigenvalue weighted by Gasteiger charge is 2.52. The molecule has 0 saturated carbocycles. The van der Waals surface area contributed by atoms with Gasteiger partial charge in [0.15, 0.2) is 5.82 Å². The Morgan fingerprint density at radius 2 is 2.02 bits per heavy atom. The molecule has 0 bridgehead atoms. The van der Waals surface area contributed by atoms with Crippen molar-refractivity contribution in [3.8, 4) is 29.6 Å². The zero-order valence-electron chi connectivity index (χ0n) is 28.0. The van der Waals surface area contributed by atoms with Gasteiger partial charge in [-0.25, -0.2) is 8.78 Å². The van der Waals surface area contributed by atoms with Crippen molar-refractivity contribution < 1.29 is 36.2 Å². The van der Waals surface area contributed by atoms with Crippen LogP contribution in [0.2, 0.25) is 0 Å². The van der Waals surface area contributed by atoms with Gasteiger partial charge in [-0.2, -0.15) is 9.97 Å². The first kappa shape index (κ1) is 34.6. The number of hydrogen-bond acceptors (Lipinski definition) is 8. The SMILES string of the molecule is C#Cc1c(F)ccc2cccc(-c3ncc4c(N(C)[C@@H]5CCN(C(=O)C=C)[C@@H]5C)nc(OC[C@@]56CCCN5C[C@H](OC(F)(F)F)C6)nc4c3F)c12. The first-order chi connectivity index (χ1) is 24.3. The molecule has 7 rings (SSSR count). The van der Waals surface area contributed by atoms with E-state index in [1.165, 1.54) is 18.3 Å². The number of ether oxygens (including phenoxy) is 2. The first-order valence-corrected chi connectivity index (χ1v) is 16.7. The van der Waals surface area contributed by atoms with Gasteiger partial charge in [0.25, 0.3) is 0 Å². The van der Waals surface area contributed by atoms with Crippen LogP contribution in [0.4, 0.5) is 27.8 Å². The number of carbonyl (C=O) groups excluding carboxylic acids is 1. The smallest absolute Gasteiger partial charge is 0.461 e. The normalized spacial score (nSPS) is 23.5. The van der Waals surface area contributed by atoms with Gasteiger partial charge in [-0.05, 0) is 56.7 Å². The highest BCUT2D eigenvalue weighted by Crippen LogP contribution is 2.43. The summed E-state index contributed by atoms with van der Waals surface area (Å²) in [5.74, 6) is 0.998. The van der Waals surface area contributed by atoms with E-state index >= 15 is 4.39 Å². The Hall–Kier alpha value is -4.87. The minimum absolute atomic E-state index is 0.0323. The van der Waals surface area contributed by atoms with Crippen molar-refractivity contribution in [1.82, 2.24) is 24.8 Å². The molecule has 3 saturated heterocycles. The van der Waals surface area contributed by atoms with Crippen molar-refractivity contribution in [2.75, 3.05) is 38.2 Å². The Morgan fingerprint density at radius 1 is 1.22 bits per heavy atom. The fourth-order valence-electron chi connectivity index (χ4n) is 8.20. The van der Waals surface area contributed by atoms with Crippen molar-refractivity contribution in [2.24, 2.45) is 0 Å². The molecule has 0 spiro atoms. The van der Waals surface area contributed by atoms with Crippen LogP contribution in [0.15, 0.2) is 49.2 Å². The average Bonchev–Trinajstić information content (AvgIpc) is 3.77. The van der Waals surface area contributed by atoms with Crippen molar-refractivity contribution in [1.29, 1.82) is 0 Å². The molecular formula is C37H35F5N6O3. The molecule has 3 aliphatic rings. The van der Waals surface area contributed by atoms with Gasteiger partial charge in [-0.3, -0.25) is 19.4 Å². The number of aromatic nitrogens is 3. The fourth-order valence-corrected chi connectivity index (χ4v) is 8.20. The van der Waals surface area contributed by atoms with Gasteiger partial charge < -0.3 is 14.5 Å². The lowest BCUT2D eigenvalue weighted by Gasteiger charge is -2.33. The third-order valence-corrected chi connectivity index (χ3v) is 10.6. The summed E-state index contributed by atoms with van der Waals surface area (Å²) >= 11 is 0. The van der Waals surface area contributed by atoms with E-state index in [0.717, 1.165) is 6.42 Å². The number of carbonyl (C=O) groups is 1. The van der Waals surface area contributed by atoms with Crippen molar-refractivity contribution in [2.45, 2.75) is 62.7 Å². The summed E-state index contributed by atoms with van der Waals surface area (Å²) < 4.78 is 81.7. The number of terminal acetylenes is 1. The van der Waals surface area contributed by atoms with E-state index < -0.39 is 29.6 Å². The number of fused-ring (bicyclic) bond motifs is 3. The van der Waals surface area contributed by atoms with E-state index in [2.05, 4.69) is 27.2 Å². The number of amides is 1. The van der Waals surface area contributed by atoms with Gasteiger partial charge in [0.2, 0.25) is 5.91 Å². The number of likely N-dealkylation sites (tertiary alicyclic amines) is 1. The zero-order valence-corrected chi connectivity index (χ0v) is 28.0. The zero-order chi connectivity index (χ0) is 36.2. The maximum Gasteiger partial charge on any atom is 0.522 e. The molecule has 14 heteroatoms. The molecule has 4 atom stereocenters. The van der Waals surface area contributed by atoms with E-state index in [1.54, 1.807) is 36.2 Å². The number of halogens is 5. The van der Waals surface area contributed by atoms with E-state index in [4.69, 9.17) is 16.1 Å². The number of likely N-dealkylation sites (N-methyl/N-ethyl adjacent to an activating group) is 1. The number of anilines is 1. The van der Waals surface area contributed by atoms with Gasteiger partial charge in [0, 0.05) is 43.3 Å². The summed E-state index contributed by atoms with van der Waals surface area (Å²) in [4.78, 5) is 31.7. The second-order valence-electron chi connectivity index (χ2n) is 13.4. The Morgan fingerprint density at radius 3 is 2.76 bits per heavy atom. The van der Waals surface area contributed by atoms with E-state index in [0.29, 0.717) is 36.7 Å². The number of rotatable bonds is 8. The summed E-state index contributed by atoms with van der Waals surface area (Å²) in [7, 11) is 1.78. The fraction of sp³-hybridized carbons (Fsp3) is 0.405. The Kier molecular flexibility index (Phi) is 8.83. The lowest BCUT2D eigenvalue weighted by Crippen LogP contribution is -2.44. The van der Waals surface area contributed by atoms with Gasteiger partial charge in [-0.15, -0.1) is 19.6 Å². The molecule has 3 aliphatic heterocycles. The molecule has 0 unspecified atom stereocenters. The van der Waals surface area contributed by atoms with Gasteiger partial charge >= 0.3 is 12.4 Å². The summed E-state index contributed by atoms with van der Waals surface area (Å²) in [5, 5.41) is 1.17. The number of nitrogens with zero attached hydrogens (tertiary/aromatic N) is 6. The standard InChI is InChI=1S/C37H35F5N6O3/c1-5-24-27(38)12-11-22-9-7-10-25(30(22)24)32-31(39)33-26(18-43-32)34(46(4)28-13-16-48(21(28)3)29(49)6-2)45-35(44-33)50-20-36-14-8-15-47(36)19-23(17-36)51-37(40,41)42/h1,6-7,9-12,18,21,23,28H,2,8,13-17,19-20H2,3-4H3/t21-,23-,28-,36+/m1/s1. The third-order valence-electron chi connectivity index (χ3n) is 10.6. The molecule has 5 heterocycles. The summed E-state index contributed by atoms with van der Waals surface area (Å²) in [6.07, 6.45) is 4.60. The van der Waals surface area contributed by atoms with Crippen LogP contribution in [0.5, 0.6) is 6.01 Å². The summed E-state index contributed by atoms with van der Waals surface area (Å²) in [5.41, 5.74) is -0.755. The molecule has 0 aliphatic carbocycles. The molecule has 3 fully saturated rings. The molecule has 2 aromatic heterocycles. The van der Waals surface area contributed by atoms with Crippen LogP contribution >= 0.6 is 0 Å². The van der Waals surface area contributed by atoms with Crippen LogP contribution in [-0.2, 0) is 9.53 Å². The highest BCUT2D eigenvalue weighted by molar-refractivity contribution is 6.02. The van der Waals surface area contributed by atoms with Crippen molar-refractivity contribution in [3.05, 3.63) is 66.4 Å². The van der Waals surface area contributed by atoms with E-state index in [9.17, 15) is 22.4 Å². The number of alkyl halides is 3. The minimum Gasteiger partial charge on any atom is -0.461 e. The lowest BCUT2D eigenvalue weighted by molar-refractivity contribution is -0.340. The second kappa shape index (κ2) is 13.0. The topological polar surface area (TPSA) is 83.9 Å². The van der Waals surface area contributed by atoms with Crippen LogP contribution in [0, 0.1) is 24.0 Å². The molecular weight excluding hydrogens is 671 g/mol. The second-order valence-corrected chi connectivity index (χ2v) is 13.4. The van der Waals surface area contributed by atoms with Crippen LogP contribution in [0.25, 0.3) is 32.9 Å². The molecule has 51 heavy (non-hydrogen) atoms. The molecule has 1 amide bonds. The first-order valence-electron chi connectivity index (χ1n) is 16.7. The van der Waals surface area contributed by atoms with Gasteiger partial charge in [0.05, 0.1) is 28.6 Å². The molecule has 0 radical (unpaired) electrons. The lowest BCUT2D eigenvalue weighted by atomic mass is 9.94. The molecule has 266 valence electrons. The predicted molar refractivity (Wildman–Crippen MR) is 181 cm³/mol. The van der Waals surface area contributed by atoms with Gasteiger partial charge in [-0.1, -0.05) is 36.8 Å². The molecule has 4 aromatic rings. The van der Waals surface area contributed by atoms with Crippen LogP contribution in [-0.4, -0.2) is 94.0 Å². The van der Waals surface area contributed by atoms with Crippen LogP contribution < -0.4 is 9.64 Å². The summed E-state index contributed by atoms with van der Waals surface area (Å²) in [6, 6.07) is 7.17. The summed E-state index contributed by atoms with van der Waals surface area (Å²) in [6.45, 7) is 6.62. The maximum absolute atomic E-state index is 16.9. The van der Waals surface area contributed by atoms with Crippen molar-refractivity contribution in [3.63, 3.8) is 0 Å².